The van der Waals surface area contributed by atoms with Crippen molar-refractivity contribution < 1.29 is 19.7 Å². The van der Waals surface area contributed by atoms with Crippen LogP contribution in [0.2, 0.25) is 0 Å². The maximum Gasteiger partial charge on any atom is 0.312 e. The Bertz CT molecular complexity index is 1200. The van der Waals surface area contributed by atoms with Crippen LogP contribution in [-0.4, -0.2) is 28.4 Å². The molecule has 4 heteroatoms. The van der Waals surface area contributed by atoms with E-state index in [1.807, 2.05) is 30.3 Å². The molecule has 5 fully saturated rings. The van der Waals surface area contributed by atoms with Crippen molar-refractivity contribution in [3.63, 3.8) is 0 Å². The molecule has 0 amide bonds. The molecule has 1 aromatic rings. The van der Waals surface area contributed by atoms with Crippen LogP contribution in [0, 0.1) is 62.6 Å². The molecule has 0 heterocycles. The number of esters is 1. The van der Waals surface area contributed by atoms with E-state index in [9.17, 15) is 15.0 Å². The Morgan fingerprint density at radius 3 is 2.32 bits per heavy atom. The highest BCUT2D eigenvalue weighted by atomic mass is 16.5. The lowest BCUT2D eigenvalue weighted by molar-refractivity contribution is -0.251. The summed E-state index contributed by atoms with van der Waals surface area (Å²) in [6, 6.07) is 10.1. The van der Waals surface area contributed by atoms with Crippen LogP contribution in [0.4, 0.5) is 0 Å². The van der Waals surface area contributed by atoms with E-state index >= 15 is 0 Å². The summed E-state index contributed by atoms with van der Waals surface area (Å²) in [5, 5.41) is 22.4. The number of rotatable bonds is 7. The first-order chi connectivity index (χ1) is 20.8. The van der Waals surface area contributed by atoms with E-state index in [4.69, 9.17) is 4.74 Å². The van der Waals surface area contributed by atoms with Crippen LogP contribution in [0.1, 0.15) is 131 Å². The van der Waals surface area contributed by atoms with Crippen molar-refractivity contribution in [1.29, 1.82) is 0 Å². The van der Waals surface area contributed by atoms with E-state index in [0.29, 0.717) is 30.3 Å². The van der Waals surface area contributed by atoms with Crippen molar-refractivity contribution >= 4 is 5.97 Å². The Hall–Kier alpha value is -1.39. The normalized spacial score (nSPS) is 45.7. The minimum atomic E-state index is -0.439. The predicted molar refractivity (Wildman–Crippen MR) is 176 cm³/mol. The van der Waals surface area contributed by atoms with E-state index in [2.05, 4.69) is 48.5 Å². The predicted octanol–water partition coefficient (Wildman–Crippen LogP) is 8.97. The quantitative estimate of drug-likeness (QED) is 0.304. The third-order valence-corrected chi connectivity index (χ3v) is 15.9. The Balaban J connectivity index is 1.35. The van der Waals surface area contributed by atoms with Gasteiger partial charge in [-0.15, -0.1) is 0 Å². The number of aliphatic hydroxyl groups is 2. The van der Waals surface area contributed by atoms with E-state index < -0.39 is 5.41 Å². The smallest absolute Gasteiger partial charge is 0.312 e. The average molecular weight is 607 g/mol. The molecule has 0 aliphatic heterocycles. The van der Waals surface area contributed by atoms with Gasteiger partial charge in [-0.25, -0.2) is 0 Å². The van der Waals surface area contributed by atoms with Crippen LogP contribution >= 0.6 is 0 Å². The van der Waals surface area contributed by atoms with Crippen LogP contribution < -0.4 is 0 Å². The van der Waals surface area contributed by atoms with Gasteiger partial charge in [0.25, 0.3) is 0 Å². The second-order valence-electron chi connectivity index (χ2n) is 17.7. The fourth-order valence-electron chi connectivity index (χ4n) is 13.3. The van der Waals surface area contributed by atoms with Crippen LogP contribution in [-0.2, 0) is 16.1 Å². The maximum absolute atomic E-state index is 14.4. The molecule has 4 nitrogen and oxygen atoms in total. The molecular weight excluding hydrogens is 544 g/mol. The highest BCUT2D eigenvalue weighted by Crippen LogP contribution is 2.77. The van der Waals surface area contributed by atoms with E-state index in [1.165, 1.54) is 25.7 Å². The Morgan fingerprint density at radius 1 is 0.886 bits per heavy atom. The van der Waals surface area contributed by atoms with Crippen molar-refractivity contribution in [3.05, 3.63) is 35.9 Å². The van der Waals surface area contributed by atoms with Gasteiger partial charge in [0.15, 0.2) is 0 Å². The zero-order chi connectivity index (χ0) is 31.7. The van der Waals surface area contributed by atoms with Crippen molar-refractivity contribution in [2.45, 2.75) is 144 Å². The van der Waals surface area contributed by atoms with Crippen molar-refractivity contribution in [3.8, 4) is 0 Å². The molecule has 6 unspecified atom stereocenters. The first kappa shape index (κ1) is 32.5. The highest BCUT2D eigenvalue weighted by molar-refractivity contribution is 5.78. The van der Waals surface area contributed by atoms with E-state index in [0.717, 1.165) is 56.9 Å². The van der Waals surface area contributed by atoms with Crippen molar-refractivity contribution in [2.75, 3.05) is 0 Å². The number of aliphatic hydroxyl groups excluding tert-OH is 2. The minimum Gasteiger partial charge on any atom is -0.460 e. The first-order valence-electron chi connectivity index (χ1n) is 18.3. The molecule has 246 valence electrons. The van der Waals surface area contributed by atoms with Gasteiger partial charge in [-0.1, -0.05) is 85.2 Å². The number of benzene rings is 1. The average Bonchev–Trinajstić information content (AvgIpc) is 3.39. The summed E-state index contributed by atoms with van der Waals surface area (Å²) in [7, 11) is 0. The summed E-state index contributed by atoms with van der Waals surface area (Å²) in [5.41, 5.74) is 1.16. The van der Waals surface area contributed by atoms with Crippen LogP contribution in [0.5, 0.6) is 0 Å². The summed E-state index contributed by atoms with van der Waals surface area (Å²) in [6.45, 7) is 17.3. The Kier molecular flexibility index (Phi) is 8.43. The second-order valence-corrected chi connectivity index (χ2v) is 17.7. The van der Waals surface area contributed by atoms with E-state index in [-0.39, 0.29) is 51.7 Å². The summed E-state index contributed by atoms with van der Waals surface area (Å²) < 4.78 is 6.25. The molecule has 44 heavy (non-hydrogen) atoms. The fraction of sp³-hybridized carbons (Fsp3) is 0.825. The summed E-state index contributed by atoms with van der Waals surface area (Å²) >= 11 is 0. The molecule has 5 aliphatic carbocycles. The molecule has 0 saturated heterocycles. The standard InChI is InChI=1S/C40H62O4/c1-8-12-30(41)26(2)28-17-22-40(35(43)44-25-27-13-10-9-11-14-27)24-23-38(6)29(34(28)40)15-16-32-37(5)20-19-33(42)36(3,4)31(37)18-21-39(32,38)7/h9-11,13-14,26,28-34,41-42H,8,12,15-25H2,1-7H3/t26?,28-,29?,30?,31?,32?,33+,34?,37-,38+,39+,40-/m0/s1. The van der Waals surface area contributed by atoms with Gasteiger partial charge in [0.1, 0.15) is 6.61 Å². The number of hydrogen-bond acceptors (Lipinski definition) is 4. The zero-order valence-electron chi connectivity index (χ0n) is 28.9. The molecule has 0 radical (unpaired) electrons. The van der Waals surface area contributed by atoms with Crippen molar-refractivity contribution in [1.82, 2.24) is 0 Å². The summed E-state index contributed by atoms with van der Waals surface area (Å²) in [5.74, 6) is 2.48. The molecule has 1 aromatic carbocycles. The number of carbonyl (C=O) groups is 1. The maximum atomic E-state index is 14.4. The zero-order valence-corrected chi connectivity index (χ0v) is 28.9. The van der Waals surface area contributed by atoms with Gasteiger partial charge in [0, 0.05) is 0 Å². The van der Waals surface area contributed by atoms with Crippen LogP contribution in [0.3, 0.4) is 0 Å². The number of carbonyl (C=O) groups excluding carboxylic acids is 1. The van der Waals surface area contributed by atoms with Gasteiger partial charge in [-0.2, -0.15) is 0 Å². The molecule has 5 aliphatic rings. The third kappa shape index (κ3) is 4.61. The molecule has 0 bridgehead atoms. The van der Waals surface area contributed by atoms with Gasteiger partial charge in [0.05, 0.1) is 17.6 Å². The summed E-state index contributed by atoms with van der Waals surface area (Å²) in [6.07, 6.45) is 12.1. The molecule has 12 atom stereocenters. The minimum absolute atomic E-state index is 0.0269. The van der Waals surface area contributed by atoms with Gasteiger partial charge in [-0.05, 0) is 133 Å². The second kappa shape index (κ2) is 11.4. The molecule has 0 spiro atoms. The number of ether oxygens (including phenoxy) is 1. The SMILES string of the molecule is CCCC(O)C(C)[C@@H]1CC[C@]2(C(=O)OCc3ccccc3)CC[C@]3(C)C(CCC4[C@@]5(C)CC[C@@H](O)C(C)(C)C5CC[C@]43C)C12. The summed E-state index contributed by atoms with van der Waals surface area (Å²) in [4.78, 5) is 14.4. The number of fused-ring (bicyclic) bond motifs is 7. The topological polar surface area (TPSA) is 66.8 Å². The lowest BCUT2D eigenvalue weighted by Crippen LogP contribution is -2.67. The fourth-order valence-corrected chi connectivity index (χ4v) is 13.3. The van der Waals surface area contributed by atoms with Gasteiger partial charge >= 0.3 is 5.97 Å². The largest absolute Gasteiger partial charge is 0.460 e. The first-order valence-corrected chi connectivity index (χ1v) is 18.3. The molecule has 6 rings (SSSR count). The third-order valence-electron chi connectivity index (χ3n) is 15.9. The van der Waals surface area contributed by atoms with Gasteiger partial charge in [-0.3, -0.25) is 4.79 Å². The highest BCUT2D eigenvalue weighted by Gasteiger charge is 2.72. The lowest BCUT2D eigenvalue weighted by atomic mass is 9.32. The monoisotopic (exact) mass is 606 g/mol. The van der Waals surface area contributed by atoms with Gasteiger partial charge < -0.3 is 14.9 Å². The van der Waals surface area contributed by atoms with Gasteiger partial charge in [0.2, 0.25) is 0 Å². The molecule has 0 aromatic heterocycles. The molecular formula is C40H62O4. The molecule has 5 saturated carbocycles. The Labute approximate surface area is 268 Å². The van der Waals surface area contributed by atoms with Crippen LogP contribution in [0.15, 0.2) is 30.3 Å². The van der Waals surface area contributed by atoms with E-state index in [1.54, 1.807) is 0 Å². The molecule has 2 N–H and O–H groups in total. The van der Waals surface area contributed by atoms with Crippen LogP contribution in [0.25, 0.3) is 0 Å². The Morgan fingerprint density at radius 2 is 1.61 bits per heavy atom. The van der Waals surface area contributed by atoms with Crippen molar-refractivity contribution in [2.24, 2.45) is 62.6 Å². The number of hydrogen-bond donors (Lipinski definition) is 2. The lowest BCUT2D eigenvalue weighted by Gasteiger charge is -2.72.